The SMILES string of the molecule is CN=C(NCC(C)Oc1cccc(OC)c1)NCC(c1ccco1)N(C)C.I. The molecule has 2 aromatic rings. The molecule has 8 heteroatoms. The summed E-state index contributed by atoms with van der Waals surface area (Å²) in [4.78, 5) is 6.38. The lowest BCUT2D eigenvalue weighted by molar-refractivity contribution is 0.222. The lowest BCUT2D eigenvalue weighted by Gasteiger charge is -2.24. The van der Waals surface area contributed by atoms with Crippen LogP contribution in [0.1, 0.15) is 18.7 Å². The Bertz CT molecular complexity index is 707. The molecule has 0 amide bonds. The van der Waals surface area contributed by atoms with Crippen molar-refractivity contribution in [3.8, 4) is 11.5 Å². The van der Waals surface area contributed by atoms with E-state index < -0.39 is 0 Å². The number of ether oxygens (including phenoxy) is 2. The maximum atomic E-state index is 5.93. The number of benzene rings is 1. The Labute approximate surface area is 184 Å². The molecule has 1 heterocycles. The fourth-order valence-corrected chi connectivity index (χ4v) is 2.62. The second kappa shape index (κ2) is 12.5. The van der Waals surface area contributed by atoms with Gasteiger partial charge < -0.3 is 24.5 Å². The molecule has 0 bridgehead atoms. The number of likely N-dealkylation sites (N-methyl/N-ethyl adjacent to an activating group) is 1. The number of guanidine groups is 1. The maximum Gasteiger partial charge on any atom is 0.191 e. The van der Waals surface area contributed by atoms with Gasteiger partial charge in [-0.25, -0.2) is 0 Å². The molecule has 0 saturated heterocycles. The Morgan fingerprint density at radius 3 is 2.46 bits per heavy atom. The van der Waals surface area contributed by atoms with Crippen molar-refractivity contribution >= 4 is 29.9 Å². The molecule has 28 heavy (non-hydrogen) atoms. The van der Waals surface area contributed by atoms with Crippen molar-refractivity contribution in [1.29, 1.82) is 0 Å². The number of nitrogens with zero attached hydrogens (tertiary/aromatic N) is 2. The summed E-state index contributed by atoms with van der Waals surface area (Å²) in [5.74, 6) is 3.18. The van der Waals surface area contributed by atoms with E-state index >= 15 is 0 Å². The first-order chi connectivity index (χ1) is 13.0. The highest BCUT2D eigenvalue weighted by Crippen LogP contribution is 2.20. The molecule has 1 aromatic heterocycles. The molecule has 0 fully saturated rings. The number of nitrogens with one attached hydrogen (secondary N) is 2. The molecule has 2 N–H and O–H groups in total. The van der Waals surface area contributed by atoms with Crippen LogP contribution in [-0.2, 0) is 0 Å². The summed E-state index contributed by atoms with van der Waals surface area (Å²) in [6.45, 7) is 3.29. The van der Waals surface area contributed by atoms with Crippen LogP contribution in [0.3, 0.4) is 0 Å². The van der Waals surface area contributed by atoms with Crippen molar-refractivity contribution in [3.05, 3.63) is 48.4 Å². The number of hydrogen-bond donors (Lipinski definition) is 2. The normalized spacial score (nSPS) is 13.4. The fourth-order valence-electron chi connectivity index (χ4n) is 2.62. The minimum atomic E-state index is -0.0367. The molecule has 2 rings (SSSR count). The molecular weight excluding hydrogens is 471 g/mol. The molecule has 2 atom stereocenters. The minimum absolute atomic E-state index is 0. The van der Waals surface area contributed by atoms with Crippen LogP contribution in [0.15, 0.2) is 52.1 Å². The largest absolute Gasteiger partial charge is 0.497 e. The minimum Gasteiger partial charge on any atom is -0.497 e. The number of halogens is 1. The Morgan fingerprint density at radius 1 is 1.14 bits per heavy atom. The van der Waals surface area contributed by atoms with Gasteiger partial charge in [0.05, 0.1) is 26.0 Å². The zero-order valence-corrected chi connectivity index (χ0v) is 19.5. The molecule has 0 aliphatic rings. The Hall–Kier alpha value is -1.94. The maximum absolute atomic E-state index is 5.93. The Balaban J connectivity index is 0.00000392. The van der Waals surface area contributed by atoms with Crippen LogP contribution in [0.2, 0.25) is 0 Å². The summed E-state index contributed by atoms with van der Waals surface area (Å²) in [5.41, 5.74) is 0. The molecule has 0 saturated carbocycles. The van der Waals surface area contributed by atoms with Crippen LogP contribution in [0.4, 0.5) is 0 Å². The molecule has 0 aliphatic heterocycles. The van der Waals surface area contributed by atoms with Gasteiger partial charge in [-0.1, -0.05) is 6.07 Å². The van der Waals surface area contributed by atoms with Crippen LogP contribution in [-0.4, -0.2) is 58.3 Å². The molecule has 2 unspecified atom stereocenters. The third kappa shape index (κ3) is 7.59. The lowest BCUT2D eigenvalue weighted by atomic mass is 10.2. The average Bonchev–Trinajstić information content (AvgIpc) is 3.18. The summed E-state index contributed by atoms with van der Waals surface area (Å²) in [7, 11) is 7.44. The summed E-state index contributed by atoms with van der Waals surface area (Å²) >= 11 is 0. The number of rotatable bonds is 9. The second-order valence-electron chi connectivity index (χ2n) is 6.44. The van der Waals surface area contributed by atoms with Gasteiger partial charge in [0.15, 0.2) is 5.96 Å². The van der Waals surface area contributed by atoms with Gasteiger partial charge in [0, 0.05) is 19.7 Å². The van der Waals surface area contributed by atoms with Gasteiger partial charge in [-0.3, -0.25) is 9.89 Å². The predicted octanol–water partition coefficient (Wildman–Crippen LogP) is 3.14. The molecule has 0 spiro atoms. The van der Waals surface area contributed by atoms with E-state index in [0.717, 1.165) is 23.2 Å². The van der Waals surface area contributed by atoms with Crippen LogP contribution in [0, 0.1) is 0 Å². The Kier molecular flexibility index (Phi) is 10.8. The first-order valence-corrected chi connectivity index (χ1v) is 8.98. The van der Waals surface area contributed by atoms with E-state index in [0.29, 0.717) is 13.1 Å². The highest BCUT2D eigenvalue weighted by molar-refractivity contribution is 14.0. The fraction of sp³-hybridized carbons (Fsp3) is 0.450. The summed E-state index contributed by atoms with van der Waals surface area (Å²) in [6.07, 6.45) is 1.65. The number of hydrogen-bond acceptors (Lipinski definition) is 5. The van der Waals surface area contributed by atoms with E-state index in [4.69, 9.17) is 13.9 Å². The zero-order valence-electron chi connectivity index (χ0n) is 17.1. The van der Waals surface area contributed by atoms with Crippen molar-refractivity contribution in [2.45, 2.75) is 19.1 Å². The molecule has 0 radical (unpaired) electrons. The monoisotopic (exact) mass is 502 g/mol. The van der Waals surface area contributed by atoms with Gasteiger partial charge in [0.2, 0.25) is 0 Å². The number of furan rings is 1. The quantitative estimate of drug-likeness (QED) is 0.312. The molecule has 1 aromatic carbocycles. The average molecular weight is 502 g/mol. The van der Waals surface area contributed by atoms with Crippen molar-refractivity contribution < 1.29 is 13.9 Å². The molecular formula is C20H31IN4O3. The first-order valence-electron chi connectivity index (χ1n) is 8.98. The lowest BCUT2D eigenvalue weighted by Crippen LogP contribution is -2.44. The molecule has 0 aliphatic carbocycles. The second-order valence-corrected chi connectivity index (χ2v) is 6.44. The number of methoxy groups -OCH3 is 1. The summed E-state index contributed by atoms with van der Waals surface area (Å²) in [5, 5.41) is 6.63. The first kappa shape index (κ1) is 24.1. The van der Waals surface area contributed by atoms with E-state index in [1.165, 1.54) is 0 Å². The van der Waals surface area contributed by atoms with E-state index in [-0.39, 0.29) is 36.1 Å². The van der Waals surface area contributed by atoms with E-state index in [1.54, 1.807) is 20.4 Å². The number of aliphatic imine (C=N–C) groups is 1. The van der Waals surface area contributed by atoms with Crippen molar-refractivity contribution in [2.75, 3.05) is 41.3 Å². The topological polar surface area (TPSA) is 71.3 Å². The van der Waals surface area contributed by atoms with Crippen LogP contribution in [0.25, 0.3) is 0 Å². The van der Waals surface area contributed by atoms with Gasteiger partial charge in [-0.15, -0.1) is 24.0 Å². The highest BCUT2D eigenvalue weighted by Gasteiger charge is 2.17. The highest BCUT2D eigenvalue weighted by atomic mass is 127. The molecule has 7 nitrogen and oxygen atoms in total. The van der Waals surface area contributed by atoms with Crippen LogP contribution in [0.5, 0.6) is 11.5 Å². The zero-order chi connectivity index (χ0) is 19.6. The van der Waals surface area contributed by atoms with Crippen LogP contribution < -0.4 is 20.1 Å². The standard InChI is InChI=1S/C20H30N4O3.HI/c1-15(27-17-9-6-8-16(12-17)25-5)13-22-20(21-2)23-14-18(24(3)4)19-10-7-11-26-19;/h6-12,15,18H,13-14H2,1-5H3,(H2,21,22,23);1H. The van der Waals surface area contributed by atoms with Crippen LogP contribution >= 0.6 is 24.0 Å². The van der Waals surface area contributed by atoms with Crippen molar-refractivity contribution in [1.82, 2.24) is 15.5 Å². The van der Waals surface area contributed by atoms with Gasteiger partial charge >= 0.3 is 0 Å². The molecule has 156 valence electrons. The van der Waals surface area contributed by atoms with Crippen molar-refractivity contribution in [3.63, 3.8) is 0 Å². The van der Waals surface area contributed by atoms with Gasteiger partial charge in [0.25, 0.3) is 0 Å². The predicted molar refractivity (Wildman–Crippen MR) is 123 cm³/mol. The van der Waals surface area contributed by atoms with E-state index in [2.05, 4.69) is 20.5 Å². The van der Waals surface area contributed by atoms with Gasteiger partial charge in [0.1, 0.15) is 23.4 Å². The van der Waals surface area contributed by atoms with Gasteiger partial charge in [-0.2, -0.15) is 0 Å². The third-order valence-electron chi connectivity index (χ3n) is 4.12. The Morgan fingerprint density at radius 2 is 1.86 bits per heavy atom. The van der Waals surface area contributed by atoms with E-state index in [1.807, 2.05) is 57.4 Å². The van der Waals surface area contributed by atoms with E-state index in [9.17, 15) is 0 Å². The van der Waals surface area contributed by atoms with Gasteiger partial charge in [-0.05, 0) is 45.3 Å². The summed E-state index contributed by atoms with van der Waals surface area (Å²) < 4.78 is 16.7. The van der Waals surface area contributed by atoms with Crippen molar-refractivity contribution in [2.24, 2.45) is 4.99 Å². The summed E-state index contributed by atoms with van der Waals surface area (Å²) in [6, 6.07) is 11.6. The third-order valence-corrected chi connectivity index (χ3v) is 4.12. The smallest absolute Gasteiger partial charge is 0.191 e.